The van der Waals surface area contributed by atoms with E-state index in [1.807, 2.05) is 11.8 Å². The van der Waals surface area contributed by atoms with Gasteiger partial charge in [0, 0.05) is 51.2 Å². The first kappa shape index (κ1) is 26.5. The molecule has 2 aliphatic carbocycles. The molecule has 1 aliphatic heterocycles. The average Bonchev–Trinajstić information content (AvgIpc) is 3.50. The number of rotatable bonds is 5. The summed E-state index contributed by atoms with van der Waals surface area (Å²) >= 11 is 0. The van der Waals surface area contributed by atoms with E-state index in [1.165, 1.54) is 0 Å². The van der Waals surface area contributed by atoms with Gasteiger partial charge in [0.05, 0.1) is 17.7 Å². The Hall–Kier alpha value is -2.61. The monoisotopic (exact) mass is 499 g/mol. The Labute approximate surface area is 214 Å². The van der Waals surface area contributed by atoms with E-state index in [9.17, 15) is 14.4 Å². The van der Waals surface area contributed by atoms with E-state index >= 15 is 0 Å². The van der Waals surface area contributed by atoms with Crippen molar-refractivity contribution in [2.45, 2.75) is 70.9 Å². The third kappa shape index (κ3) is 6.38. The lowest BCUT2D eigenvalue weighted by atomic mass is 10.0. The quantitative estimate of drug-likeness (QED) is 0.663. The van der Waals surface area contributed by atoms with Crippen LogP contribution in [0.3, 0.4) is 0 Å². The van der Waals surface area contributed by atoms with Crippen LogP contribution in [0.5, 0.6) is 5.75 Å². The van der Waals surface area contributed by atoms with Crippen molar-refractivity contribution in [3.05, 3.63) is 23.8 Å². The molecule has 198 valence electrons. The first-order chi connectivity index (χ1) is 17.3. The zero-order valence-corrected chi connectivity index (χ0v) is 22.1. The second-order valence-electron chi connectivity index (χ2n) is 11.0. The van der Waals surface area contributed by atoms with Crippen LogP contribution in [0.25, 0.3) is 0 Å². The van der Waals surface area contributed by atoms with E-state index in [-0.39, 0.29) is 48.3 Å². The van der Waals surface area contributed by atoms with Crippen molar-refractivity contribution >= 4 is 23.4 Å². The minimum absolute atomic E-state index is 0.00837. The number of benzene rings is 1. The third-order valence-electron chi connectivity index (χ3n) is 7.92. The first-order valence-corrected chi connectivity index (χ1v) is 13.4. The highest BCUT2D eigenvalue weighted by atomic mass is 16.5. The number of fused-ring (bicyclic) bond motifs is 1. The number of likely N-dealkylation sites (N-methyl/N-ethyl adjacent to an activating group) is 1. The fourth-order valence-corrected chi connectivity index (χ4v) is 5.32. The molecule has 1 N–H and O–H groups in total. The number of carbonyl (C=O) groups is 3. The smallest absolute Gasteiger partial charge is 0.257 e. The van der Waals surface area contributed by atoms with Gasteiger partial charge >= 0.3 is 0 Å². The fraction of sp³-hybridized carbons (Fsp3) is 0.679. The molecular formula is C28H41N3O5. The Morgan fingerprint density at radius 2 is 1.83 bits per heavy atom. The van der Waals surface area contributed by atoms with Gasteiger partial charge in [-0.05, 0) is 56.7 Å². The van der Waals surface area contributed by atoms with E-state index < -0.39 is 0 Å². The van der Waals surface area contributed by atoms with Gasteiger partial charge in [-0.25, -0.2) is 0 Å². The minimum atomic E-state index is -0.226. The zero-order chi connectivity index (χ0) is 25.8. The van der Waals surface area contributed by atoms with Gasteiger partial charge in [0.15, 0.2) is 0 Å². The highest BCUT2D eigenvalue weighted by Gasteiger charge is 2.33. The normalized spacial score (nSPS) is 26.0. The Morgan fingerprint density at radius 3 is 2.50 bits per heavy atom. The van der Waals surface area contributed by atoms with Crippen LogP contribution in [0.4, 0.5) is 5.69 Å². The van der Waals surface area contributed by atoms with Gasteiger partial charge in [-0.1, -0.05) is 19.8 Å². The van der Waals surface area contributed by atoms with Gasteiger partial charge in [-0.15, -0.1) is 0 Å². The molecule has 2 fully saturated rings. The maximum Gasteiger partial charge on any atom is 0.257 e. The van der Waals surface area contributed by atoms with Crippen molar-refractivity contribution in [3.8, 4) is 5.75 Å². The Kier molecular flexibility index (Phi) is 8.54. The molecule has 1 heterocycles. The Bertz CT molecular complexity index is 957. The van der Waals surface area contributed by atoms with Gasteiger partial charge < -0.3 is 24.6 Å². The lowest BCUT2D eigenvalue weighted by molar-refractivity contribution is -0.135. The molecule has 0 radical (unpaired) electrons. The summed E-state index contributed by atoms with van der Waals surface area (Å²) in [5.41, 5.74) is 0.988. The van der Waals surface area contributed by atoms with E-state index in [0.29, 0.717) is 42.4 Å². The number of hydrogen-bond acceptors (Lipinski definition) is 5. The number of ether oxygens (including phenoxy) is 2. The predicted octanol–water partition coefficient (Wildman–Crippen LogP) is 3.95. The van der Waals surface area contributed by atoms with Crippen molar-refractivity contribution in [2.24, 2.45) is 17.8 Å². The minimum Gasteiger partial charge on any atom is -0.491 e. The SMILES string of the molecule is CO[C@H]1CN(C)C(=O)c2cc(NC(=O)C3CCCC3)ccc2OC[C@H](C)N(C(=O)CC2CC2)C[C@H]1C. The van der Waals surface area contributed by atoms with Crippen molar-refractivity contribution in [1.29, 1.82) is 0 Å². The molecule has 3 atom stereocenters. The molecule has 0 spiro atoms. The number of hydrogen-bond donors (Lipinski definition) is 1. The summed E-state index contributed by atoms with van der Waals surface area (Å²) in [6.45, 7) is 5.27. The molecule has 0 aromatic heterocycles. The van der Waals surface area contributed by atoms with Crippen molar-refractivity contribution < 1.29 is 23.9 Å². The summed E-state index contributed by atoms with van der Waals surface area (Å²) in [6.07, 6.45) is 6.58. The third-order valence-corrected chi connectivity index (χ3v) is 7.92. The molecule has 3 aliphatic rings. The molecular weight excluding hydrogens is 458 g/mol. The maximum absolute atomic E-state index is 13.5. The van der Waals surface area contributed by atoms with Gasteiger partial charge in [-0.3, -0.25) is 14.4 Å². The summed E-state index contributed by atoms with van der Waals surface area (Å²) in [5.74, 6) is 0.996. The van der Waals surface area contributed by atoms with Gasteiger partial charge in [0.25, 0.3) is 5.91 Å². The lowest BCUT2D eigenvalue weighted by Crippen LogP contribution is -2.48. The fourth-order valence-electron chi connectivity index (χ4n) is 5.32. The molecule has 3 amide bonds. The molecule has 1 aromatic carbocycles. The summed E-state index contributed by atoms with van der Waals surface area (Å²) in [4.78, 5) is 42.9. The molecule has 8 nitrogen and oxygen atoms in total. The Morgan fingerprint density at radius 1 is 1.11 bits per heavy atom. The van der Waals surface area contributed by atoms with Gasteiger partial charge in [0.2, 0.25) is 11.8 Å². The lowest BCUT2D eigenvalue weighted by Gasteiger charge is -2.36. The van der Waals surface area contributed by atoms with Crippen LogP contribution in [0.15, 0.2) is 18.2 Å². The molecule has 0 unspecified atom stereocenters. The van der Waals surface area contributed by atoms with Gasteiger partial charge in [-0.2, -0.15) is 0 Å². The molecule has 4 rings (SSSR count). The van der Waals surface area contributed by atoms with Crippen LogP contribution in [0.2, 0.25) is 0 Å². The van der Waals surface area contributed by atoms with Crippen molar-refractivity contribution in [2.75, 3.05) is 39.2 Å². The molecule has 2 saturated carbocycles. The van der Waals surface area contributed by atoms with Crippen molar-refractivity contribution in [1.82, 2.24) is 9.80 Å². The number of carbonyl (C=O) groups excluding carboxylic acids is 3. The summed E-state index contributed by atoms with van der Waals surface area (Å²) < 4.78 is 11.9. The van der Waals surface area contributed by atoms with E-state index in [0.717, 1.165) is 38.5 Å². The van der Waals surface area contributed by atoms with Crippen LogP contribution >= 0.6 is 0 Å². The largest absolute Gasteiger partial charge is 0.491 e. The number of amides is 3. The highest BCUT2D eigenvalue weighted by Crippen LogP contribution is 2.34. The van der Waals surface area contributed by atoms with Crippen molar-refractivity contribution in [3.63, 3.8) is 0 Å². The summed E-state index contributed by atoms with van der Waals surface area (Å²) in [7, 11) is 3.40. The number of nitrogens with zero attached hydrogens (tertiary/aromatic N) is 2. The topological polar surface area (TPSA) is 88.2 Å². The molecule has 36 heavy (non-hydrogen) atoms. The molecule has 1 aromatic rings. The highest BCUT2D eigenvalue weighted by molar-refractivity contribution is 5.99. The molecule has 0 bridgehead atoms. The summed E-state index contributed by atoms with van der Waals surface area (Å²) in [5, 5.41) is 2.99. The second kappa shape index (κ2) is 11.6. The number of nitrogens with one attached hydrogen (secondary N) is 1. The van der Waals surface area contributed by atoms with Crippen LogP contribution in [-0.2, 0) is 14.3 Å². The number of anilines is 1. The standard InChI is InChI=1S/C28H41N3O5/c1-18-15-31(26(32)13-20-9-10-20)19(2)17-36-24-12-11-22(29-27(33)21-7-5-6-8-21)14-23(24)28(34)30(3)16-25(18)35-4/h11-12,14,18-21,25H,5-10,13,15-17H2,1-4H3,(H,29,33)/t18-,19+,25+/m1/s1. The average molecular weight is 500 g/mol. The van der Waals surface area contributed by atoms with E-state index in [2.05, 4.69) is 12.2 Å². The zero-order valence-electron chi connectivity index (χ0n) is 22.1. The van der Waals surface area contributed by atoms with Crippen LogP contribution in [0.1, 0.15) is 69.2 Å². The second-order valence-corrected chi connectivity index (χ2v) is 11.0. The Balaban J connectivity index is 1.59. The maximum atomic E-state index is 13.5. The van der Waals surface area contributed by atoms with Crippen LogP contribution < -0.4 is 10.1 Å². The number of methoxy groups -OCH3 is 1. The van der Waals surface area contributed by atoms with E-state index in [1.54, 1.807) is 37.3 Å². The van der Waals surface area contributed by atoms with E-state index in [4.69, 9.17) is 9.47 Å². The molecule has 0 saturated heterocycles. The van der Waals surface area contributed by atoms with Crippen LogP contribution in [-0.4, -0.2) is 73.5 Å². The molecule has 8 heteroatoms. The predicted molar refractivity (Wildman–Crippen MR) is 138 cm³/mol. The van der Waals surface area contributed by atoms with Crippen LogP contribution in [0, 0.1) is 17.8 Å². The van der Waals surface area contributed by atoms with Gasteiger partial charge in [0.1, 0.15) is 12.4 Å². The summed E-state index contributed by atoms with van der Waals surface area (Å²) in [6, 6.07) is 5.08. The first-order valence-electron chi connectivity index (χ1n) is 13.4.